The highest BCUT2D eigenvalue weighted by atomic mass is 19.1. The summed E-state index contributed by atoms with van der Waals surface area (Å²) in [5.41, 5.74) is 1.16. The number of hydrogen-bond acceptors (Lipinski definition) is 2. The molecule has 3 heteroatoms. The van der Waals surface area contributed by atoms with Gasteiger partial charge in [-0.1, -0.05) is 12.8 Å². The summed E-state index contributed by atoms with van der Waals surface area (Å²) < 4.78 is 12.9. The van der Waals surface area contributed by atoms with Gasteiger partial charge >= 0.3 is 0 Å². The van der Waals surface area contributed by atoms with Crippen LogP contribution >= 0.6 is 0 Å². The van der Waals surface area contributed by atoms with E-state index in [0.717, 1.165) is 37.9 Å². The summed E-state index contributed by atoms with van der Waals surface area (Å²) in [6.07, 6.45) is 5.58. The monoisotopic (exact) mass is 248 g/mol. The van der Waals surface area contributed by atoms with Crippen LogP contribution in [-0.2, 0) is 0 Å². The van der Waals surface area contributed by atoms with E-state index in [1.54, 1.807) is 12.1 Å². The van der Waals surface area contributed by atoms with Crippen LogP contribution < -0.4 is 4.90 Å². The number of anilines is 1. The van der Waals surface area contributed by atoms with E-state index in [0.29, 0.717) is 0 Å². The Kier molecular flexibility index (Phi) is 3.50. The Bertz CT molecular complexity index is 376. The molecule has 2 aliphatic rings. The minimum absolute atomic E-state index is 0.150. The first-order valence-electron chi connectivity index (χ1n) is 7.07. The molecule has 1 aliphatic carbocycles. The quantitative estimate of drug-likeness (QED) is 0.794. The second-order valence-electron chi connectivity index (χ2n) is 5.44. The van der Waals surface area contributed by atoms with E-state index >= 15 is 0 Å². The van der Waals surface area contributed by atoms with Gasteiger partial charge in [0, 0.05) is 37.9 Å². The van der Waals surface area contributed by atoms with Gasteiger partial charge in [0.2, 0.25) is 0 Å². The van der Waals surface area contributed by atoms with Crippen molar-refractivity contribution >= 4 is 5.69 Å². The fraction of sp³-hybridized carbons (Fsp3) is 0.600. The maximum Gasteiger partial charge on any atom is 0.123 e. The van der Waals surface area contributed by atoms with Crippen molar-refractivity contribution in [1.29, 1.82) is 0 Å². The largest absolute Gasteiger partial charge is 0.369 e. The third-order valence-corrected chi connectivity index (χ3v) is 4.35. The van der Waals surface area contributed by atoms with Gasteiger partial charge in [-0.2, -0.15) is 0 Å². The summed E-state index contributed by atoms with van der Waals surface area (Å²) in [7, 11) is 0. The molecule has 18 heavy (non-hydrogen) atoms. The topological polar surface area (TPSA) is 6.48 Å². The predicted octanol–water partition coefficient (Wildman–Crippen LogP) is 2.89. The zero-order valence-corrected chi connectivity index (χ0v) is 10.8. The Balaban J connectivity index is 1.57. The highest BCUT2D eigenvalue weighted by Crippen LogP contribution is 2.25. The van der Waals surface area contributed by atoms with Crippen molar-refractivity contribution in [2.45, 2.75) is 31.7 Å². The zero-order chi connectivity index (χ0) is 12.4. The molecule has 1 heterocycles. The average Bonchev–Trinajstić information content (AvgIpc) is 2.94. The minimum atomic E-state index is -0.150. The number of benzene rings is 1. The SMILES string of the molecule is Fc1ccc(N2CCN(C3CCCC3)CC2)cc1. The van der Waals surface area contributed by atoms with Crippen molar-refractivity contribution < 1.29 is 4.39 Å². The summed E-state index contributed by atoms with van der Waals surface area (Å²) in [5, 5.41) is 0. The van der Waals surface area contributed by atoms with Gasteiger partial charge in [-0.3, -0.25) is 4.90 Å². The molecular weight excluding hydrogens is 227 g/mol. The lowest BCUT2D eigenvalue weighted by Gasteiger charge is -2.39. The summed E-state index contributed by atoms with van der Waals surface area (Å²) >= 11 is 0. The molecule has 1 saturated heterocycles. The van der Waals surface area contributed by atoms with E-state index in [9.17, 15) is 4.39 Å². The fourth-order valence-corrected chi connectivity index (χ4v) is 3.27. The van der Waals surface area contributed by atoms with Gasteiger partial charge < -0.3 is 4.90 Å². The van der Waals surface area contributed by atoms with E-state index in [2.05, 4.69) is 9.80 Å². The molecule has 1 aromatic carbocycles. The van der Waals surface area contributed by atoms with E-state index < -0.39 is 0 Å². The standard InChI is InChI=1S/C15H21FN2/c16-13-5-7-15(8-6-13)18-11-9-17(10-12-18)14-3-1-2-4-14/h5-8,14H,1-4,9-12H2. The second-order valence-corrected chi connectivity index (χ2v) is 5.44. The van der Waals surface area contributed by atoms with Crippen LogP contribution in [-0.4, -0.2) is 37.1 Å². The van der Waals surface area contributed by atoms with Crippen LogP contribution in [0.3, 0.4) is 0 Å². The fourth-order valence-electron chi connectivity index (χ4n) is 3.27. The molecular formula is C15H21FN2. The van der Waals surface area contributed by atoms with Crippen molar-refractivity contribution in [3.8, 4) is 0 Å². The van der Waals surface area contributed by atoms with Crippen LogP contribution in [0.2, 0.25) is 0 Å². The van der Waals surface area contributed by atoms with Gasteiger partial charge in [0.15, 0.2) is 0 Å². The van der Waals surface area contributed by atoms with E-state index in [4.69, 9.17) is 0 Å². The Morgan fingerprint density at radius 2 is 1.50 bits per heavy atom. The van der Waals surface area contributed by atoms with Crippen molar-refractivity contribution in [2.24, 2.45) is 0 Å². The summed E-state index contributed by atoms with van der Waals surface area (Å²) in [6.45, 7) is 4.45. The maximum absolute atomic E-state index is 12.9. The third kappa shape index (κ3) is 2.51. The molecule has 0 atom stereocenters. The number of hydrogen-bond donors (Lipinski definition) is 0. The molecule has 1 aliphatic heterocycles. The van der Waals surface area contributed by atoms with Gasteiger partial charge in [-0.05, 0) is 37.1 Å². The third-order valence-electron chi connectivity index (χ3n) is 4.35. The van der Waals surface area contributed by atoms with Crippen LogP contribution in [0, 0.1) is 5.82 Å². The molecule has 0 amide bonds. The van der Waals surface area contributed by atoms with E-state index in [-0.39, 0.29) is 5.82 Å². The van der Waals surface area contributed by atoms with Crippen LogP contribution in [0.1, 0.15) is 25.7 Å². The van der Waals surface area contributed by atoms with Crippen molar-refractivity contribution in [3.63, 3.8) is 0 Å². The first-order chi connectivity index (χ1) is 8.83. The van der Waals surface area contributed by atoms with Gasteiger partial charge in [-0.15, -0.1) is 0 Å². The molecule has 2 fully saturated rings. The lowest BCUT2D eigenvalue weighted by Crippen LogP contribution is -2.49. The first-order valence-corrected chi connectivity index (χ1v) is 7.07. The average molecular weight is 248 g/mol. The van der Waals surface area contributed by atoms with Gasteiger partial charge in [0.05, 0.1) is 0 Å². The molecule has 0 spiro atoms. The number of rotatable bonds is 2. The Morgan fingerprint density at radius 3 is 2.11 bits per heavy atom. The summed E-state index contributed by atoms with van der Waals surface area (Å²) in [4.78, 5) is 5.01. The maximum atomic E-state index is 12.9. The van der Waals surface area contributed by atoms with Crippen molar-refractivity contribution in [3.05, 3.63) is 30.1 Å². The van der Waals surface area contributed by atoms with Crippen LogP contribution in [0.15, 0.2) is 24.3 Å². The normalized spacial score (nSPS) is 22.6. The molecule has 0 bridgehead atoms. The molecule has 98 valence electrons. The Hall–Kier alpha value is -1.09. The van der Waals surface area contributed by atoms with Gasteiger partial charge in [-0.25, -0.2) is 4.39 Å². The highest BCUT2D eigenvalue weighted by Gasteiger charge is 2.25. The zero-order valence-electron chi connectivity index (χ0n) is 10.8. The lowest BCUT2D eigenvalue weighted by molar-refractivity contribution is 0.187. The molecule has 0 unspecified atom stereocenters. The molecule has 2 nitrogen and oxygen atoms in total. The smallest absolute Gasteiger partial charge is 0.123 e. The lowest BCUT2D eigenvalue weighted by atomic mass is 10.1. The summed E-state index contributed by atoms with van der Waals surface area (Å²) in [5.74, 6) is -0.150. The molecule has 0 aromatic heterocycles. The molecule has 3 rings (SSSR count). The number of piperazine rings is 1. The number of halogens is 1. The predicted molar refractivity (Wildman–Crippen MR) is 72.4 cm³/mol. The molecule has 1 saturated carbocycles. The molecule has 1 aromatic rings. The van der Waals surface area contributed by atoms with Crippen molar-refractivity contribution in [1.82, 2.24) is 4.90 Å². The van der Waals surface area contributed by atoms with E-state index in [1.165, 1.54) is 25.7 Å². The van der Waals surface area contributed by atoms with Crippen LogP contribution in [0.5, 0.6) is 0 Å². The first kappa shape index (κ1) is 12.0. The molecule has 0 N–H and O–H groups in total. The van der Waals surface area contributed by atoms with Crippen LogP contribution in [0.25, 0.3) is 0 Å². The van der Waals surface area contributed by atoms with Gasteiger partial charge in [0.1, 0.15) is 5.82 Å². The highest BCUT2D eigenvalue weighted by molar-refractivity contribution is 5.46. The minimum Gasteiger partial charge on any atom is -0.369 e. The summed E-state index contributed by atoms with van der Waals surface area (Å²) in [6, 6.07) is 7.72. The van der Waals surface area contributed by atoms with Gasteiger partial charge in [0.25, 0.3) is 0 Å². The van der Waals surface area contributed by atoms with E-state index in [1.807, 2.05) is 12.1 Å². The van der Waals surface area contributed by atoms with Crippen molar-refractivity contribution in [2.75, 3.05) is 31.1 Å². The Labute approximate surface area is 108 Å². The van der Waals surface area contributed by atoms with Crippen LogP contribution in [0.4, 0.5) is 10.1 Å². The Morgan fingerprint density at radius 1 is 0.889 bits per heavy atom. The number of nitrogens with zero attached hydrogens (tertiary/aromatic N) is 2. The second kappa shape index (κ2) is 5.27. The molecule has 0 radical (unpaired) electrons.